The molecule has 0 heterocycles. The minimum Gasteiger partial charge on any atom is -0.352 e. The fraction of sp³-hybridized carbons (Fsp3) is 0.533. The Labute approximate surface area is 120 Å². The van der Waals surface area contributed by atoms with Gasteiger partial charge in [0.1, 0.15) is 0 Å². The van der Waals surface area contributed by atoms with Gasteiger partial charge in [0.25, 0.3) is 0 Å². The molecule has 0 fully saturated rings. The molecule has 3 nitrogen and oxygen atoms in total. The standard InChI is InChI=1S/C15H23ClN2O/c1-15(2,3)9-13(17)8-14(19)18-10-11-5-4-6-12(16)7-11/h4-7,13H,8-10,17H2,1-3H3,(H,18,19). The first-order valence-electron chi connectivity index (χ1n) is 6.53. The van der Waals surface area contributed by atoms with Crippen molar-refractivity contribution in [2.75, 3.05) is 0 Å². The average Bonchev–Trinajstić information content (AvgIpc) is 2.23. The molecule has 1 aromatic carbocycles. The maximum atomic E-state index is 11.8. The van der Waals surface area contributed by atoms with Gasteiger partial charge in [-0.15, -0.1) is 0 Å². The summed E-state index contributed by atoms with van der Waals surface area (Å²) in [6.45, 7) is 6.85. The van der Waals surface area contributed by atoms with E-state index in [1.165, 1.54) is 0 Å². The van der Waals surface area contributed by atoms with Crippen LogP contribution < -0.4 is 11.1 Å². The smallest absolute Gasteiger partial charge is 0.221 e. The van der Waals surface area contributed by atoms with Crippen molar-refractivity contribution >= 4 is 17.5 Å². The Morgan fingerprint density at radius 2 is 2.11 bits per heavy atom. The van der Waals surface area contributed by atoms with Gasteiger partial charge in [-0.05, 0) is 29.5 Å². The van der Waals surface area contributed by atoms with E-state index in [1.807, 2.05) is 24.3 Å². The average molecular weight is 283 g/mol. The second kappa shape index (κ2) is 6.92. The van der Waals surface area contributed by atoms with Crippen LogP contribution in [0.3, 0.4) is 0 Å². The van der Waals surface area contributed by atoms with E-state index in [-0.39, 0.29) is 17.4 Å². The van der Waals surface area contributed by atoms with Crippen LogP contribution in [-0.2, 0) is 11.3 Å². The summed E-state index contributed by atoms with van der Waals surface area (Å²) in [5.41, 5.74) is 7.11. The summed E-state index contributed by atoms with van der Waals surface area (Å²) in [4.78, 5) is 11.8. The number of carbonyl (C=O) groups is 1. The van der Waals surface area contributed by atoms with E-state index in [4.69, 9.17) is 17.3 Å². The van der Waals surface area contributed by atoms with E-state index >= 15 is 0 Å². The zero-order chi connectivity index (χ0) is 14.5. The molecule has 106 valence electrons. The molecule has 19 heavy (non-hydrogen) atoms. The lowest BCUT2D eigenvalue weighted by Gasteiger charge is -2.22. The lowest BCUT2D eigenvalue weighted by molar-refractivity contribution is -0.121. The Balaban J connectivity index is 2.36. The van der Waals surface area contributed by atoms with E-state index in [9.17, 15) is 4.79 Å². The number of hydrogen-bond acceptors (Lipinski definition) is 2. The van der Waals surface area contributed by atoms with Crippen molar-refractivity contribution in [3.8, 4) is 0 Å². The molecule has 1 atom stereocenters. The highest BCUT2D eigenvalue weighted by atomic mass is 35.5. The monoisotopic (exact) mass is 282 g/mol. The molecule has 0 aliphatic heterocycles. The normalized spacial score (nSPS) is 13.1. The van der Waals surface area contributed by atoms with Crippen molar-refractivity contribution in [2.45, 2.75) is 46.2 Å². The minimum absolute atomic E-state index is 0.0169. The van der Waals surface area contributed by atoms with Crippen molar-refractivity contribution in [3.63, 3.8) is 0 Å². The Kier molecular flexibility index (Phi) is 5.83. The summed E-state index contributed by atoms with van der Waals surface area (Å²) in [5, 5.41) is 3.54. The van der Waals surface area contributed by atoms with Crippen LogP contribution in [0, 0.1) is 5.41 Å². The summed E-state index contributed by atoms with van der Waals surface area (Å²) >= 11 is 5.88. The van der Waals surface area contributed by atoms with Crippen LogP contribution in [0.1, 0.15) is 39.2 Å². The molecule has 0 aliphatic carbocycles. The van der Waals surface area contributed by atoms with Crippen LogP contribution in [0.2, 0.25) is 5.02 Å². The Hall–Kier alpha value is -1.06. The van der Waals surface area contributed by atoms with Crippen molar-refractivity contribution in [1.82, 2.24) is 5.32 Å². The number of carbonyl (C=O) groups excluding carboxylic acids is 1. The van der Waals surface area contributed by atoms with Crippen LogP contribution in [0.4, 0.5) is 0 Å². The lowest BCUT2D eigenvalue weighted by atomic mass is 9.87. The molecule has 1 rings (SSSR count). The fourth-order valence-electron chi connectivity index (χ4n) is 2.02. The van der Waals surface area contributed by atoms with E-state index in [2.05, 4.69) is 26.1 Å². The van der Waals surface area contributed by atoms with E-state index in [0.29, 0.717) is 18.0 Å². The summed E-state index contributed by atoms with van der Waals surface area (Å²) in [5.74, 6) is -0.0169. The van der Waals surface area contributed by atoms with Gasteiger partial charge in [0.15, 0.2) is 0 Å². The predicted octanol–water partition coefficient (Wildman–Crippen LogP) is 3.11. The summed E-state index contributed by atoms with van der Waals surface area (Å²) in [6, 6.07) is 7.36. The number of nitrogens with one attached hydrogen (secondary N) is 1. The SMILES string of the molecule is CC(C)(C)CC(N)CC(=O)NCc1cccc(Cl)c1. The van der Waals surface area contributed by atoms with Gasteiger partial charge in [-0.3, -0.25) is 4.79 Å². The molecule has 0 aromatic heterocycles. The molecule has 3 N–H and O–H groups in total. The van der Waals surface area contributed by atoms with Gasteiger partial charge in [-0.2, -0.15) is 0 Å². The van der Waals surface area contributed by atoms with Gasteiger partial charge < -0.3 is 11.1 Å². The third kappa shape index (κ3) is 7.19. The van der Waals surface area contributed by atoms with Gasteiger partial charge in [-0.25, -0.2) is 0 Å². The van der Waals surface area contributed by atoms with Gasteiger partial charge in [-0.1, -0.05) is 44.5 Å². The summed E-state index contributed by atoms with van der Waals surface area (Å²) in [7, 11) is 0. The molecule has 4 heteroatoms. The van der Waals surface area contributed by atoms with Gasteiger partial charge in [0.2, 0.25) is 5.91 Å². The Bertz CT molecular complexity index is 426. The van der Waals surface area contributed by atoms with Crippen LogP contribution in [0.25, 0.3) is 0 Å². The van der Waals surface area contributed by atoms with E-state index < -0.39 is 0 Å². The van der Waals surface area contributed by atoms with Crippen LogP contribution >= 0.6 is 11.6 Å². The predicted molar refractivity (Wildman–Crippen MR) is 80.0 cm³/mol. The highest BCUT2D eigenvalue weighted by Crippen LogP contribution is 2.21. The van der Waals surface area contributed by atoms with Crippen molar-refractivity contribution in [3.05, 3.63) is 34.9 Å². The summed E-state index contributed by atoms with van der Waals surface area (Å²) < 4.78 is 0. The van der Waals surface area contributed by atoms with Gasteiger partial charge >= 0.3 is 0 Å². The number of amides is 1. The summed E-state index contributed by atoms with van der Waals surface area (Å²) in [6.07, 6.45) is 1.19. The third-order valence-electron chi connectivity index (χ3n) is 2.70. The Morgan fingerprint density at radius 3 is 2.68 bits per heavy atom. The van der Waals surface area contributed by atoms with E-state index in [1.54, 1.807) is 0 Å². The first-order chi connectivity index (χ1) is 8.76. The minimum atomic E-state index is -0.0978. The topological polar surface area (TPSA) is 55.1 Å². The lowest BCUT2D eigenvalue weighted by Crippen LogP contribution is -2.33. The Morgan fingerprint density at radius 1 is 1.42 bits per heavy atom. The van der Waals surface area contributed by atoms with Crippen molar-refractivity contribution < 1.29 is 4.79 Å². The molecule has 0 bridgehead atoms. The van der Waals surface area contributed by atoms with Crippen LogP contribution in [0.5, 0.6) is 0 Å². The maximum Gasteiger partial charge on any atom is 0.221 e. The number of nitrogens with two attached hydrogens (primary N) is 1. The molecule has 0 saturated heterocycles. The van der Waals surface area contributed by atoms with Gasteiger partial charge in [0, 0.05) is 24.0 Å². The molecule has 0 spiro atoms. The van der Waals surface area contributed by atoms with E-state index in [0.717, 1.165) is 12.0 Å². The highest BCUT2D eigenvalue weighted by molar-refractivity contribution is 6.30. The number of halogens is 1. The largest absolute Gasteiger partial charge is 0.352 e. The first kappa shape index (κ1) is 16.0. The second-order valence-electron chi connectivity index (χ2n) is 6.14. The molecular weight excluding hydrogens is 260 g/mol. The highest BCUT2D eigenvalue weighted by Gasteiger charge is 2.17. The van der Waals surface area contributed by atoms with Crippen molar-refractivity contribution in [2.24, 2.45) is 11.1 Å². The van der Waals surface area contributed by atoms with Gasteiger partial charge in [0.05, 0.1) is 0 Å². The molecule has 0 radical (unpaired) electrons. The number of benzene rings is 1. The molecule has 1 aromatic rings. The van der Waals surface area contributed by atoms with Crippen molar-refractivity contribution in [1.29, 1.82) is 0 Å². The maximum absolute atomic E-state index is 11.8. The number of rotatable bonds is 5. The van der Waals surface area contributed by atoms with Crippen LogP contribution in [0.15, 0.2) is 24.3 Å². The molecule has 0 aliphatic rings. The first-order valence-corrected chi connectivity index (χ1v) is 6.91. The van der Waals surface area contributed by atoms with Crippen LogP contribution in [-0.4, -0.2) is 11.9 Å². The fourth-order valence-corrected chi connectivity index (χ4v) is 2.23. The quantitative estimate of drug-likeness (QED) is 0.872. The molecule has 1 unspecified atom stereocenters. The molecule has 0 saturated carbocycles. The molecule has 1 amide bonds. The molecular formula is C15H23ClN2O. The zero-order valence-electron chi connectivity index (χ0n) is 11.9. The number of hydrogen-bond donors (Lipinski definition) is 2. The third-order valence-corrected chi connectivity index (χ3v) is 2.94. The zero-order valence-corrected chi connectivity index (χ0v) is 12.6. The second-order valence-corrected chi connectivity index (χ2v) is 6.57.